The average molecular weight is 378 g/mol. The summed E-state index contributed by atoms with van der Waals surface area (Å²) < 4.78 is 22.5. The van der Waals surface area contributed by atoms with Crippen LogP contribution in [0.3, 0.4) is 0 Å². The van der Waals surface area contributed by atoms with Gasteiger partial charge in [0.2, 0.25) is 10.0 Å². The van der Waals surface area contributed by atoms with Crippen molar-refractivity contribution in [2.45, 2.75) is 11.4 Å². The van der Waals surface area contributed by atoms with Gasteiger partial charge in [-0.15, -0.1) is 0 Å². The summed E-state index contributed by atoms with van der Waals surface area (Å²) in [5.41, 5.74) is 0.823. The molecule has 0 saturated carbocycles. The van der Waals surface area contributed by atoms with E-state index in [0.717, 1.165) is 5.69 Å². The molecule has 0 radical (unpaired) electrons. The Labute approximate surface area is 152 Å². The summed E-state index contributed by atoms with van der Waals surface area (Å²) in [6, 6.07) is 7.74. The number of amides is 2. The van der Waals surface area contributed by atoms with Crippen LogP contribution in [0.4, 0.5) is 10.5 Å². The van der Waals surface area contributed by atoms with E-state index in [1.165, 1.54) is 12.1 Å². The molecule has 1 aromatic heterocycles. The predicted molar refractivity (Wildman–Crippen MR) is 98.0 cm³/mol. The zero-order valence-corrected chi connectivity index (χ0v) is 15.5. The van der Waals surface area contributed by atoms with Gasteiger partial charge in [0.05, 0.1) is 11.4 Å². The van der Waals surface area contributed by atoms with Gasteiger partial charge >= 0.3 is 6.03 Å². The van der Waals surface area contributed by atoms with Gasteiger partial charge in [0, 0.05) is 45.3 Å². The fourth-order valence-corrected chi connectivity index (χ4v) is 2.65. The first-order valence-electron chi connectivity index (χ1n) is 7.86. The third kappa shape index (κ3) is 5.67. The second kappa shape index (κ2) is 8.59. The third-order valence-electron chi connectivity index (χ3n) is 3.74. The van der Waals surface area contributed by atoms with E-state index in [9.17, 15) is 13.2 Å². The number of urea groups is 1. The SMILES string of the molecule is CN(CCN(C)c1ccc(S(N)(=O)=O)cc1)C(=O)NCc1ncccn1. The number of nitrogens with two attached hydrogens (primary N) is 1. The molecule has 140 valence electrons. The summed E-state index contributed by atoms with van der Waals surface area (Å²) in [7, 11) is -0.151. The average Bonchev–Trinajstić information content (AvgIpc) is 2.64. The molecule has 2 amide bonds. The minimum Gasteiger partial charge on any atom is -0.373 e. The molecule has 0 aliphatic heterocycles. The Balaban J connectivity index is 1.82. The van der Waals surface area contributed by atoms with Crippen molar-refractivity contribution in [1.29, 1.82) is 0 Å². The van der Waals surface area contributed by atoms with Crippen LogP contribution in [-0.4, -0.2) is 56.5 Å². The van der Waals surface area contributed by atoms with Crippen molar-refractivity contribution < 1.29 is 13.2 Å². The molecule has 0 saturated heterocycles. The minimum atomic E-state index is -3.70. The number of nitrogens with one attached hydrogen (secondary N) is 1. The monoisotopic (exact) mass is 378 g/mol. The quantitative estimate of drug-likeness (QED) is 0.719. The number of anilines is 1. The van der Waals surface area contributed by atoms with Crippen molar-refractivity contribution in [2.75, 3.05) is 32.1 Å². The number of hydrogen-bond donors (Lipinski definition) is 2. The maximum Gasteiger partial charge on any atom is 0.317 e. The van der Waals surface area contributed by atoms with Crippen LogP contribution in [0.1, 0.15) is 5.82 Å². The van der Waals surface area contributed by atoms with Gasteiger partial charge in [0.25, 0.3) is 0 Å². The maximum atomic E-state index is 12.1. The number of carbonyl (C=O) groups is 1. The zero-order chi connectivity index (χ0) is 19.2. The Bertz CT molecular complexity index is 827. The molecule has 0 fully saturated rings. The van der Waals surface area contributed by atoms with Gasteiger partial charge in [-0.2, -0.15) is 0 Å². The number of nitrogens with zero attached hydrogens (tertiary/aromatic N) is 4. The molecule has 0 bridgehead atoms. The highest BCUT2D eigenvalue weighted by Crippen LogP contribution is 2.15. The van der Waals surface area contributed by atoms with E-state index in [-0.39, 0.29) is 17.5 Å². The molecular formula is C16H22N6O3S. The van der Waals surface area contributed by atoms with E-state index in [1.54, 1.807) is 42.5 Å². The lowest BCUT2D eigenvalue weighted by Gasteiger charge is -2.24. The van der Waals surface area contributed by atoms with E-state index in [2.05, 4.69) is 15.3 Å². The standard InChI is InChI=1S/C16H22N6O3S/c1-21(13-4-6-14(7-5-13)26(17,24)25)10-11-22(2)16(23)20-12-15-18-8-3-9-19-15/h3-9H,10-12H2,1-2H3,(H,20,23)(H2,17,24,25). The van der Waals surface area contributed by atoms with Crippen LogP contribution < -0.4 is 15.4 Å². The van der Waals surface area contributed by atoms with Gasteiger partial charge < -0.3 is 15.1 Å². The topological polar surface area (TPSA) is 122 Å². The van der Waals surface area contributed by atoms with Crippen LogP contribution in [0.2, 0.25) is 0 Å². The molecule has 1 aromatic carbocycles. The minimum absolute atomic E-state index is 0.0641. The smallest absolute Gasteiger partial charge is 0.317 e. The molecule has 3 N–H and O–H groups in total. The van der Waals surface area contributed by atoms with Crippen molar-refractivity contribution in [3.8, 4) is 0 Å². The number of benzene rings is 1. The normalized spacial score (nSPS) is 11.0. The van der Waals surface area contributed by atoms with Crippen LogP contribution in [0.25, 0.3) is 0 Å². The summed E-state index contributed by atoms with van der Waals surface area (Å²) in [4.78, 5) is 23.7. The molecule has 2 rings (SSSR count). The molecule has 0 spiro atoms. The third-order valence-corrected chi connectivity index (χ3v) is 4.67. The van der Waals surface area contributed by atoms with Crippen LogP contribution in [0, 0.1) is 0 Å². The first-order valence-corrected chi connectivity index (χ1v) is 9.41. The number of primary sulfonamides is 1. The highest BCUT2D eigenvalue weighted by molar-refractivity contribution is 7.89. The van der Waals surface area contributed by atoms with Gasteiger partial charge in [-0.3, -0.25) is 0 Å². The Kier molecular flexibility index (Phi) is 6.47. The van der Waals surface area contributed by atoms with Gasteiger partial charge in [0.15, 0.2) is 0 Å². The molecule has 1 heterocycles. The Morgan fingerprint density at radius 1 is 1.12 bits per heavy atom. The number of sulfonamides is 1. The molecule has 0 unspecified atom stereocenters. The fourth-order valence-electron chi connectivity index (χ4n) is 2.13. The van der Waals surface area contributed by atoms with E-state index < -0.39 is 10.0 Å². The van der Waals surface area contributed by atoms with Crippen molar-refractivity contribution >= 4 is 21.7 Å². The highest BCUT2D eigenvalue weighted by Gasteiger charge is 2.11. The van der Waals surface area contributed by atoms with Crippen molar-refractivity contribution in [3.05, 3.63) is 48.5 Å². The summed E-state index contributed by atoms with van der Waals surface area (Å²) in [5.74, 6) is 0.543. The summed E-state index contributed by atoms with van der Waals surface area (Å²) in [5, 5.41) is 7.83. The van der Waals surface area contributed by atoms with Crippen LogP contribution in [0.15, 0.2) is 47.6 Å². The molecule has 2 aromatic rings. The lowest BCUT2D eigenvalue weighted by Crippen LogP contribution is -2.41. The van der Waals surface area contributed by atoms with Gasteiger partial charge in [0.1, 0.15) is 5.82 Å². The molecule has 0 aliphatic carbocycles. The maximum absolute atomic E-state index is 12.1. The molecule has 0 atom stereocenters. The summed E-state index contributed by atoms with van der Waals surface area (Å²) >= 11 is 0. The van der Waals surface area contributed by atoms with Crippen molar-refractivity contribution in [3.63, 3.8) is 0 Å². The Morgan fingerprint density at radius 3 is 2.31 bits per heavy atom. The highest BCUT2D eigenvalue weighted by atomic mass is 32.2. The fraction of sp³-hybridized carbons (Fsp3) is 0.312. The molecule has 10 heteroatoms. The number of likely N-dealkylation sites (N-methyl/N-ethyl adjacent to an activating group) is 2. The van der Waals surface area contributed by atoms with Crippen LogP contribution >= 0.6 is 0 Å². The molecule has 0 aliphatic rings. The zero-order valence-electron chi connectivity index (χ0n) is 14.7. The van der Waals surface area contributed by atoms with E-state index in [0.29, 0.717) is 18.9 Å². The van der Waals surface area contributed by atoms with Crippen molar-refractivity contribution in [1.82, 2.24) is 20.2 Å². The largest absolute Gasteiger partial charge is 0.373 e. The van der Waals surface area contributed by atoms with Gasteiger partial charge in [-0.05, 0) is 30.3 Å². The summed E-state index contributed by atoms with van der Waals surface area (Å²) in [6.45, 7) is 1.31. The van der Waals surface area contributed by atoms with Crippen molar-refractivity contribution in [2.24, 2.45) is 5.14 Å². The van der Waals surface area contributed by atoms with E-state index in [4.69, 9.17) is 5.14 Å². The number of aromatic nitrogens is 2. The first-order chi connectivity index (χ1) is 12.3. The van der Waals surface area contributed by atoms with E-state index in [1.807, 2.05) is 11.9 Å². The Morgan fingerprint density at radius 2 is 1.73 bits per heavy atom. The Hall–Kier alpha value is -2.72. The van der Waals surface area contributed by atoms with Crippen LogP contribution in [-0.2, 0) is 16.6 Å². The lowest BCUT2D eigenvalue weighted by molar-refractivity contribution is 0.209. The molecular weight excluding hydrogens is 356 g/mol. The molecule has 26 heavy (non-hydrogen) atoms. The second-order valence-corrected chi connectivity index (χ2v) is 7.27. The van der Waals surface area contributed by atoms with Gasteiger partial charge in [-0.1, -0.05) is 0 Å². The summed E-state index contributed by atoms with van der Waals surface area (Å²) in [6.07, 6.45) is 3.24. The second-order valence-electron chi connectivity index (χ2n) is 5.71. The van der Waals surface area contributed by atoms with Crippen LogP contribution in [0.5, 0.6) is 0 Å². The number of carbonyl (C=O) groups excluding carboxylic acids is 1. The number of rotatable bonds is 7. The first kappa shape index (κ1) is 19.6. The van der Waals surface area contributed by atoms with Gasteiger partial charge in [-0.25, -0.2) is 28.3 Å². The molecule has 9 nitrogen and oxygen atoms in total. The van der Waals surface area contributed by atoms with E-state index >= 15 is 0 Å². The number of hydrogen-bond acceptors (Lipinski definition) is 6. The predicted octanol–water partition coefficient (Wildman–Crippen LogP) is 0.402. The lowest BCUT2D eigenvalue weighted by atomic mass is 10.3.